The summed E-state index contributed by atoms with van der Waals surface area (Å²) >= 11 is 0. The summed E-state index contributed by atoms with van der Waals surface area (Å²) in [6.07, 6.45) is 1.84. The lowest BCUT2D eigenvalue weighted by atomic mass is 10.5. The molecule has 1 rings (SSSR count). The molecule has 0 radical (unpaired) electrons. The molecule has 0 aromatic rings. The lowest BCUT2D eigenvalue weighted by Crippen LogP contribution is -2.48. The average Bonchev–Trinajstić information content (AvgIpc) is 1.69. The van der Waals surface area contributed by atoms with Gasteiger partial charge < -0.3 is 5.73 Å². The predicted octanol–water partition coefficient (Wildman–Crippen LogP) is -1.18. The van der Waals surface area contributed by atoms with Crippen LogP contribution in [-0.4, -0.2) is 6.54 Å². The van der Waals surface area contributed by atoms with Gasteiger partial charge in [-0.1, -0.05) is 0 Å². The molecule has 8 heavy (non-hydrogen) atoms. The van der Waals surface area contributed by atoms with Crippen molar-refractivity contribution in [3.8, 4) is 0 Å². The van der Waals surface area contributed by atoms with Crippen molar-refractivity contribution in [1.29, 1.82) is 0 Å². The summed E-state index contributed by atoms with van der Waals surface area (Å²) < 4.78 is 0. The third kappa shape index (κ3) is 2.02. The largest absolute Gasteiger partial charge is 0.385 e. The van der Waals surface area contributed by atoms with Gasteiger partial charge in [-0.2, -0.15) is 5.53 Å². The molecular weight excluding hydrogens is 128 g/mol. The van der Waals surface area contributed by atoms with E-state index < -0.39 is 0 Å². The van der Waals surface area contributed by atoms with Crippen LogP contribution in [0.4, 0.5) is 0 Å². The minimum Gasteiger partial charge on any atom is -0.385 e. The fraction of sp³-hybridized carbons (Fsp3) is 0.333. The minimum atomic E-state index is 0. The van der Waals surface area contributed by atoms with Gasteiger partial charge in [0.05, 0.1) is 0 Å². The van der Waals surface area contributed by atoms with E-state index in [0.717, 1.165) is 6.54 Å². The predicted molar refractivity (Wildman–Crippen MR) is 33.8 cm³/mol. The van der Waals surface area contributed by atoms with Crippen molar-refractivity contribution in [3.05, 3.63) is 11.9 Å². The molecule has 48 valence electrons. The Labute approximate surface area is 53.9 Å². The normalized spacial score (nSPS) is 17.8. The Bertz CT molecular complexity index is 91.3. The molecule has 0 bridgehead atoms. The number of rotatable bonds is 0. The van der Waals surface area contributed by atoms with Crippen LogP contribution in [0.3, 0.4) is 0 Å². The summed E-state index contributed by atoms with van der Waals surface area (Å²) in [4.78, 5) is 0. The number of halogens is 1. The maximum Gasteiger partial charge on any atom is 0.109 e. The van der Waals surface area contributed by atoms with Crippen molar-refractivity contribution in [1.82, 2.24) is 16.4 Å². The zero-order valence-electron chi connectivity index (χ0n) is 4.27. The van der Waals surface area contributed by atoms with E-state index in [1.807, 2.05) is 6.08 Å². The third-order valence-electron chi connectivity index (χ3n) is 0.719. The molecule has 0 atom stereocenters. The van der Waals surface area contributed by atoms with Crippen molar-refractivity contribution in [2.75, 3.05) is 6.54 Å². The van der Waals surface area contributed by atoms with Crippen LogP contribution in [0.1, 0.15) is 0 Å². The Morgan fingerprint density at radius 3 is 2.62 bits per heavy atom. The highest BCUT2D eigenvalue weighted by Gasteiger charge is 1.90. The fourth-order valence-electron chi connectivity index (χ4n) is 0.379. The first kappa shape index (κ1) is 7.55. The van der Waals surface area contributed by atoms with Gasteiger partial charge in [0.25, 0.3) is 0 Å². The zero-order chi connectivity index (χ0) is 5.11. The topological polar surface area (TPSA) is 62.1 Å². The standard InChI is InChI=1S/C3H8N4.ClH/c4-3-1-2-5-7-6-3;/h1,5-7H,2,4H2;1H. The highest BCUT2D eigenvalue weighted by molar-refractivity contribution is 5.85. The Balaban J connectivity index is 0.000000490. The quantitative estimate of drug-likeness (QED) is 0.339. The van der Waals surface area contributed by atoms with Gasteiger partial charge in [0.15, 0.2) is 0 Å². The monoisotopic (exact) mass is 136 g/mol. The van der Waals surface area contributed by atoms with Crippen LogP contribution in [0, 0.1) is 0 Å². The van der Waals surface area contributed by atoms with E-state index in [1.54, 1.807) is 0 Å². The van der Waals surface area contributed by atoms with Gasteiger partial charge in [-0.3, -0.25) is 5.43 Å². The molecule has 1 heterocycles. The van der Waals surface area contributed by atoms with Crippen molar-refractivity contribution in [2.45, 2.75) is 0 Å². The van der Waals surface area contributed by atoms with E-state index in [2.05, 4.69) is 16.4 Å². The Hall–Kier alpha value is -0.450. The van der Waals surface area contributed by atoms with Crippen LogP contribution in [0.2, 0.25) is 0 Å². The molecule has 1 aliphatic rings. The second-order valence-electron chi connectivity index (χ2n) is 1.29. The second kappa shape index (κ2) is 3.54. The van der Waals surface area contributed by atoms with E-state index in [9.17, 15) is 0 Å². The number of nitrogens with one attached hydrogen (secondary N) is 3. The number of hydrazine groups is 2. The summed E-state index contributed by atoms with van der Waals surface area (Å²) in [7, 11) is 0. The van der Waals surface area contributed by atoms with Crippen LogP contribution >= 0.6 is 12.4 Å². The molecule has 0 fully saturated rings. The first-order valence-corrected chi connectivity index (χ1v) is 2.09. The molecule has 0 unspecified atom stereocenters. The van der Waals surface area contributed by atoms with E-state index in [1.165, 1.54) is 0 Å². The van der Waals surface area contributed by atoms with E-state index >= 15 is 0 Å². The van der Waals surface area contributed by atoms with Gasteiger partial charge in [0.2, 0.25) is 0 Å². The molecule has 0 aromatic carbocycles. The summed E-state index contributed by atoms with van der Waals surface area (Å²) in [5, 5.41) is 0. The molecule has 0 saturated heterocycles. The fourth-order valence-corrected chi connectivity index (χ4v) is 0.379. The van der Waals surface area contributed by atoms with Crippen LogP contribution in [-0.2, 0) is 0 Å². The lowest BCUT2D eigenvalue weighted by molar-refractivity contribution is 0.470. The van der Waals surface area contributed by atoms with Crippen LogP contribution in [0.15, 0.2) is 11.9 Å². The number of nitrogens with two attached hydrogens (primary N) is 1. The van der Waals surface area contributed by atoms with Crippen LogP contribution < -0.4 is 22.1 Å². The average molecular weight is 137 g/mol. The molecule has 5 heteroatoms. The third-order valence-corrected chi connectivity index (χ3v) is 0.719. The lowest BCUT2D eigenvalue weighted by Gasteiger charge is -2.12. The Morgan fingerprint density at radius 2 is 2.38 bits per heavy atom. The van der Waals surface area contributed by atoms with Gasteiger partial charge >= 0.3 is 0 Å². The van der Waals surface area contributed by atoms with Gasteiger partial charge in [-0.25, -0.2) is 5.43 Å². The summed E-state index contributed by atoms with van der Waals surface area (Å²) in [5.41, 5.74) is 13.4. The highest BCUT2D eigenvalue weighted by Crippen LogP contribution is 1.74. The summed E-state index contributed by atoms with van der Waals surface area (Å²) in [6.45, 7) is 0.777. The van der Waals surface area contributed by atoms with Gasteiger partial charge in [0.1, 0.15) is 5.82 Å². The zero-order valence-corrected chi connectivity index (χ0v) is 5.09. The first-order chi connectivity index (χ1) is 3.39. The van der Waals surface area contributed by atoms with E-state index in [-0.39, 0.29) is 12.4 Å². The van der Waals surface area contributed by atoms with E-state index in [4.69, 9.17) is 5.73 Å². The first-order valence-electron chi connectivity index (χ1n) is 2.09. The second-order valence-corrected chi connectivity index (χ2v) is 1.29. The molecule has 0 aliphatic carbocycles. The van der Waals surface area contributed by atoms with Crippen molar-refractivity contribution >= 4 is 12.4 Å². The van der Waals surface area contributed by atoms with Gasteiger partial charge in [0, 0.05) is 6.54 Å². The van der Waals surface area contributed by atoms with E-state index in [0.29, 0.717) is 5.82 Å². The maximum absolute atomic E-state index is 5.28. The maximum atomic E-state index is 5.28. The Morgan fingerprint density at radius 1 is 1.62 bits per heavy atom. The molecule has 0 aromatic heterocycles. The van der Waals surface area contributed by atoms with Gasteiger partial charge in [-0.05, 0) is 6.08 Å². The summed E-state index contributed by atoms with van der Waals surface area (Å²) in [5.74, 6) is 0.666. The number of hydrogen-bond acceptors (Lipinski definition) is 4. The van der Waals surface area contributed by atoms with Crippen molar-refractivity contribution in [3.63, 3.8) is 0 Å². The summed E-state index contributed by atoms with van der Waals surface area (Å²) in [6, 6.07) is 0. The van der Waals surface area contributed by atoms with Crippen LogP contribution in [0.5, 0.6) is 0 Å². The molecule has 0 amide bonds. The number of hydrogen-bond donors (Lipinski definition) is 4. The molecule has 0 spiro atoms. The molecule has 0 saturated carbocycles. The SMILES string of the molecule is Cl.NC1=CCNNN1. The smallest absolute Gasteiger partial charge is 0.109 e. The van der Waals surface area contributed by atoms with Gasteiger partial charge in [-0.15, -0.1) is 12.4 Å². The molecule has 4 nitrogen and oxygen atoms in total. The molecular formula is C3H9ClN4. The van der Waals surface area contributed by atoms with Crippen LogP contribution in [0.25, 0.3) is 0 Å². The highest BCUT2D eigenvalue weighted by atomic mass is 35.5. The molecule has 5 N–H and O–H groups in total. The van der Waals surface area contributed by atoms with Crippen molar-refractivity contribution in [2.24, 2.45) is 5.73 Å². The Kier molecular flexibility index (Phi) is 3.34. The minimum absolute atomic E-state index is 0. The van der Waals surface area contributed by atoms with Crippen molar-refractivity contribution < 1.29 is 0 Å². The molecule has 1 aliphatic heterocycles.